The maximum Gasteiger partial charge on any atom is 0.243 e. The van der Waals surface area contributed by atoms with Crippen LogP contribution < -0.4 is 10.1 Å². The number of fused-ring (bicyclic) bond motifs is 1. The number of phenols is 1. The molecule has 0 saturated heterocycles. The van der Waals surface area contributed by atoms with E-state index >= 15 is 0 Å². The summed E-state index contributed by atoms with van der Waals surface area (Å²) in [6.07, 6.45) is 6.91. The van der Waals surface area contributed by atoms with Gasteiger partial charge >= 0.3 is 0 Å². The number of carbonyl (C=O) groups is 1. The smallest absolute Gasteiger partial charge is 0.243 e. The Morgan fingerprint density at radius 3 is 2.69 bits per heavy atom. The average Bonchev–Trinajstić information content (AvgIpc) is 3.24. The quantitative estimate of drug-likeness (QED) is 0.445. The van der Waals surface area contributed by atoms with Crippen LogP contribution in [0.4, 0.5) is 0 Å². The minimum absolute atomic E-state index is 0.0489. The highest BCUT2D eigenvalue weighted by Crippen LogP contribution is 2.35. The van der Waals surface area contributed by atoms with Crippen molar-refractivity contribution in [1.29, 1.82) is 0 Å². The number of H-pyrrole nitrogens is 1. The lowest BCUT2D eigenvalue weighted by Gasteiger charge is -2.35. The summed E-state index contributed by atoms with van der Waals surface area (Å²) in [7, 11) is 0. The number of carbonyl (C=O) groups excluding carboxylic acids is 1. The number of hydrogen-bond acceptors (Lipinski definition) is 5. The predicted octanol–water partition coefficient (Wildman–Crippen LogP) is 3.86. The van der Waals surface area contributed by atoms with Crippen LogP contribution in [0.2, 0.25) is 0 Å². The van der Waals surface area contributed by atoms with E-state index in [4.69, 9.17) is 4.74 Å². The highest BCUT2D eigenvalue weighted by Gasteiger charge is 2.32. The summed E-state index contributed by atoms with van der Waals surface area (Å²) in [5.74, 6) is 0.957. The Bertz CT molecular complexity index is 1080. The van der Waals surface area contributed by atoms with Crippen LogP contribution in [0.15, 0.2) is 54.7 Å². The van der Waals surface area contributed by atoms with Gasteiger partial charge in [0.2, 0.25) is 5.91 Å². The summed E-state index contributed by atoms with van der Waals surface area (Å²) < 4.78 is 6.28. The molecule has 1 fully saturated rings. The number of nitrogens with one attached hydrogen (secondary N) is 2. The van der Waals surface area contributed by atoms with Crippen molar-refractivity contribution in [3.05, 3.63) is 54.7 Å². The molecular weight excluding hydrogens is 404 g/mol. The molecule has 32 heavy (non-hydrogen) atoms. The number of benzene rings is 2. The Hall–Kier alpha value is -3.32. The normalized spacial score (nSPS) is 18.2. The minimum atomic E-state index is -0.0489. The first kappa shape index (κ1) is 21.9. The van der Waals surface area contributed by atoms with E-state index in [9.17, 15) is 9.90 Å². The van der Waals surface area contributed by atoms with Crippen molar-refractivity contribution in [1.82, 2.24) is 20.4 Å². The molecule has 0 spiro atoms. The van der Waals surface area contributed by atoms with Gasteiger partial charge in [0.05, 0.1) is 17.1 Å². The maximum atomic E-state index is 12.1. The van der Waals surface area contributed by atoms with Gasteiger partial charge < -0.3 is 20.1 Å². The van der Waals surface area contributed by atoms with Crippen LogP contribution in [0.1, 0.15) is 26.7 Å². The van der Waals surface area contributed by atoms with E-state index in [2.05, 4.69) is 34.3 Å². The summed E-state index contributed by atoms with van der Waals surface area (Å²) >= 11 is 0. The van der Waals surface area contributed by atoms with Crippen LogP contribution in [0.3, 0.4) is 0 Å². The van der Waals surface area contributed by atoms with E-state index in [0.29, 0.717) is 0 Å². The lowest BCUT2D eigenvalue weighted by Crippen LogP contribution is -2.48. The van der Waals surface area contributed by atoms with Gasteiger partial charge in [-0.1, -0.05) is 32.1 Å². The summed E-state index contributed by atoms with van der Waals surface area (Å²) in [6.45, 7) is 6.96. The third kappa shape index (κ3) is 5.11. The third-order valence-electron chi connectivity index (χ3n) is 5.98. The zero-order valence-electron chi connectivity index (χ0n) is 18.5. The molecule has 7 heteroatoms. The Kier molecular flexibility index (Phi) is 6.75. The zero-order valence-corrected chi connectivity index (χ0v) is 18.5. The number of aromatic hydroxyl groups is 1. The Morgan fingerprint density at radius 2 is 1.97 bits per heavy atom. The van der Waals surface area contributed by atoms with Crippen molar-refractivity contribution in [3.8, 4) is 22.6 Å². The third-order valence-corrected chi connectivity index (χ3v) is 5.98. The van der Waals surface area contributed by atoms with Crippen LogP contribution >= 0.6 is 0 Å². The van der Waals surface area contributed by atoms with Gasteiger partial charge in [-0.05, 0) is 48.5 Å². The molecular formula is C25H30N4O3. The number of hydrogen-bond donors (Lipinski definition) is 3. The summed E-state index contributed by atoms with van der Waals surface area (Å²) in [5, 5.41) is 20.7. The van der Waals surface area contributed by atoms with E-state index in [-0.39, 0.29) is 23.8 Å². The number of ether oxygens (including phenoxy) is 1. The molecule has 0 aliphatic heterocycles. The standard InChI is InChI=1S/C25H30N4O3/c1-3-29(4-2)11-5-6-25(31)27-19-14-21(15-19)32-24-13-18(12-23-22(24)16-26-28-23)17-7-9-20(30)10-8-17/h5-10,12-13,16,19,21,30H,3-4,11,14-15H2,1-2H3,(H,26,28)(H,27,31)/b6-5+/t19-,21-. The lowest BCUT2D eigenvalue weighted by molar-refractivity contribution is -0.118. The Balaban J connectivity index is 1.35. The molecule has 4 rings (SSSR count). The number of phenolic OH excluding ortho intramolecular Hbond substituents is 1. The van der Waals surface area contributed by atoms with Gasteiger partial charge in [-0.3, -0.25) is 9.89 Å². The molecule has 0 unspecified atom stereocenters. The molecule has 0 atom stereocenters. The first-order valence-electron chi connectivity index (χ1n) is 11.2. The molecule has 1 saturated carbocycles. The van der Waals surface area contributed by atoms with Gasteiger partial charge in [0, 0.05) is 31.5 Å². The molecule has 168 valence electrons. The second-order valence-corrected chi connectivity index (χ2v) is 8.16. The topological polar surface area (TPSA) is 90.5 Å². The molecule has 1 heterocycles. The first-order valence-corrected chi connectivity index (χ1v) is 11.2. The highest BCUT2D eigenvalue weighted by atomic mass is 16.5. The first-order chi connectivity index (χ1) is 15.6. The van der Waals surface area contributed by atoms with Crippen LogP contribution in [0.5, 0.6) is 11.5 Å². The lowest BCUT2D eigenvalue weighted by atomic mass is 9.89. The number of likely N-dealkylation sites (N-methyl/N-ethyl adjacent to an activating group) is 1. The van der Waals surface area contributed by atoms with Crippen molar-refractivity contribution in [2.45, 2.75) is 38.8 Å². The summed E-state index contributed by atoms with van der Waals surface area (Å²) in [4.78, 5) is 14.4. The molecule has 0 radical (unpaired) electrons. The van der Waals surface area contributed by atoms with Gasteiger partial charge in [-0.25, -0.2) is 0 Å². The highest BCUT2D eigenvalue weighted by molar-refractivity contribution is 5.90. The number of aromatic amines is 1. The van der Waals surface area contributed by atoms with Crippen molar-refractivity contribution >= 4 is 16.8 Å². The monoisotopic (exact) mass is 434 g/mol. The number of rotatable bonds is 9. The zero-order chi connectivity index (χ0) is 22.5. The fraction of sp³-hybridized carbons (Fsp3) is 0.360. The van der Waals surface area contributed by atoms with Crippen LogP contribution in [-0.2, 0) is 4.79 Å². The molecule has 1 amide bonds. The maximum absolute atomic E-state index is 12.1. The van der Waals surface area contributed by atoms with Crippen molar-refractivity contribution in [3.63, 3.8) is 0 Å². The summed E-state index contributed by atoms with van der Waals surface area (Å²) in [6, 6.07) is 11.2. The molecule has 1 aromatic heterocycles. The SMILES string of the molecule is CCN(CC)C/C=C/C(=O)N[C@H]1C[C@H](Oc2cc(-c3ccc(O)cc3)cc3[nH]ncc23)C1. The second-order valence-electron chi connectivity index (χ2n) is 8.16. The number of aromatic nitrogens is 2. The van der Waals surface area contributed by atoms with E-state index < -0.39 is 0 Å². The molecule has 0 bridgehead atoms. The van der Waals surface area contributed by atoms with E-state index in [0.717, 1.165) is 60.3 Å². The number of amides is 1. The Labute approximate surface area is 188 Å². The van der Waals surface area contributed by atoms with E-state index in [1.54, 1.807) is 24.4 Å². The van der Waals surface area contributed by atoms with Gasteiger partial charge in [-0.15, -0.1) is 0 Å². The molecule has 1 aliphatic carbocycles. The van der Waals surface area contributed by atoms with E-state index in [1.165, 1.54) is 0 Å². The van der Waals surface area contributed by atoms with E-state index in [1.807, 2.05) is 30.3 Å². The van der Waals surface area contributed by atoms with Gasteiger partial charge in [-0.2, -0.15) is 5.10 Å². The van der Waals surface area contributed by atoms with Crippen LogP contribution in [0.25, 0.3) is 22.0 Å². The van der Waals surface area contributed by atoms with Gasteiger partial charge in [0.15, 0.2) is 0 Å². The van der Waals surface area contributed by atoms with Gasteiger partial charge in [0.25, 0.3) is 0 Å². The minimum Gasteiger partial charge on any atom is -0.508 e. The predicted molar refractivity (Wildman–Crippen MR) is 126 cm³/mol. The summed E-state index contributed by atoms with van der Waals surface area (Å²) in [5.41, 5.74) is 2.87. The van der Waals surface area contributed by atoms with Crippen molar-refractivity contribution in [2.75, 3.05) is 19.6 Å². The van der Waals surface area contributed by atoms with Crippen molar-refractivity contribution in [2.24, 2.45) is 0 Å². The molecule has 2 aromatic carbocycles. The van der Waals surface area contributed by atoms with Gasteiger partial charge in [0.1, 0.15) is 17.6 Å². The Morgan fingerprint density at radius 1 is 1.22 bits per heavy atom. The molecule has 3 aromatic rings. The number of nitrogens with zero attached hydrogens (tertiary/aromatic N) is 2. The molecule has 1 aliphatic rings. The fourth-order valence-corrected chi connectivity index (χ4v) is 3.94. The second kappa shape index (κ2) is 9.87. The fourth-order valence-electron chi connectivity index (χ4n) is 3.94. The molecule has 3 N–H and O–H groups in total. The van der Waals surface area contributed by atoms with Crippen LogP contribution in [0, 0.1) is 0 Å². The average molecular weight is 435 g/mol. The largest absolute Gasteiger partial charge is 0.508 e. The van der Waals surface area contributed by atoms with Crippen molar-refractivity contribution < 1.29 is 14.6 Å². The molecule has 7 nitrogen and oxygen atoms in total. The van der Waals surface area contributed by atoms with Crippen LogP contribution in [-0.4, -0.2) is 57.9 Å².